The predicted octanol–water partition coefficient (Wildman–Crippen LogP) is -3.76. The van der Waals surface area contributed by atoms with Gasteiger partial charge in [0.05, 0.1) is 0 Å². The smallest absolute Gasteiger partial charge is 0.0451 e. The second kappa shape index (κ2) is 20.0. The molecule has 0 amide bonds. The van der Waals surface area contributed by atoms with Crippen molar-refractivity contribution in [3.05, 3.63) is 59.7 Å². The molecule has 0 saturated carbocycles. The van der Waals surface area contributed by atoms with Crippen molar-refractivity contribution in [1.82, 2.24) is 0 Å². The summed E-state index contributed by atoms with van der Waals surface area (Å²) < 4.78 is 2.09. The van der Waals surface area contributed by atoms with Crippen molar-refractivity contribution >= 4 is 3.71 Å². The number of hydrogen-bond acceptors (Lipinski definition) is 2. The van der Waals surface area contributed by atoms with E-state index in [1.54, 1.807) is 0 Å². The van der Waals surface area contributed by atoms with E-state index < -0.39 is 0 Å². The van der Waals surface area contributed by atoms with Crippen molar-refractivity contribution < 1.29 is 59.3 Å². The maximum absolute atomic E-state index is 8.44. The number of aliphatic hydroxyl groups excluding tert-OH is 2. The second-order valence-corrected chi connectivity index (χ2v) is 5.24. The van der Waals surface area contributed by atoms with Crippen LogP contribution in [0.5, 0.6) is 0 Å². The van der Waals surface area contributed by atoms with Crippen LogP contribution in [0.1, 0.15) is 18.1 Å². The molecule has 21 heavy (non-hydrogen) atoms. The van der Waals surface area contributed by atoms with Crippen molar-refractivity contribution in [1.29, 1.82) is 0 Å². The Bertz CT molecular complexity index is 350. The van der Waals surface area contributed by atoms with Crippen molar-refractivity contribution in [2.24, 2.45) is 0 Å². The summed E-state index contributed by atoms with van der Waals surface area (Å²) in [5.74, 6) is 0. The molecular weight excluding hydrogens is 386 g/mol. The molecule has 0 bridgehead atoms. The zero-order valence-corrected chi connectivity index (χ0v) is 16.1. The van der Waals surface area contributed by atoms with Gasteiger partial charge < -0.3 is 35.0 Å². The van der Waals surface area contributed by atoms with E-state index in [1.165, 1.54) is 35.4 Å². The molecule has 0 unspecified atom stereocenters. The van der Waals surface area contributed by atoms with E-state index in [0.717, 1.165) is 12.8 Å². The largest absolute Gasteiger partial charge is 1.00 e. The van der Waals surface area contributed by atoms with Crippen molar-refractivity contribution in [3.8, 4) is 0 Å². The van der Waals surface area contributed by atoms with Crippen molar-refractivity contribution in [2.45, 2.75) is 19.8 Å². The summed E-state index contributed by atoms with van der Waals surface area (Å²) in [7, 11) is 0. The van der Waals surface area contributed by atoms with E-state index in [2.05, 4.69) is 3.71 Å². The van der Waals surface area contributed by atoms with Gasteiger partial charge in [-0.05, 0) is 12.8 Å². The van der Waals surface area contributed by atoms with Crippen LogP contribution in [0.15, 0.2) is 48.5 Å². The van der Waals surface area contributed by atoms with Gasteiger partial charge >= 0.3 is 34.9 Å². The first-order chi connectivity index (χ1) is 9.28. The molecule has 0 atom stereocenters. The molecule has 5 heteroatoms. The Labute approximate surface area is 155 Å². The maximum atomic E-state index is 8.44. The fourth-order valence-electron chi connectivity index (χ4n) is 1.42. The third kappa shape index (κ3) is 16.2. The first-order valence-electron chi connectivity index (χ1n) is 6.36. The fraction of sp³-hybridized carbons (Fsp3) is 0.312. The quantitative estimate of drug-likeness (QED) is 0.511. The summed E-state index contributed by atoms with van der Waals surface area (Å²) in [6, 6.07) is 15.9. The number of rotatable bonds is 4. The van der Waals surface area contributed by atoms with Gasteiger partial charge in [0, 0.05) is 13.2 Å². The van der Waals surface area contributed by atoms with E-state index in [0.29, 0.717) is 0 Å². The van der Waals surface area contributed by atoms with E-state index in [4.69, 9.17) is 10.2 Å². The van der Waals surface area contributed by atoms with Crippen LogP contribution in [-0.2, 0) is 37.1 Å². The van der Waals surface area contributed by atoms with Gasteiger partial charge in [-0.1, -0.05) is 0 Å². The van der Waals surface area contributed by atoms with Crippen LogP contribution >= 0.6 is 0 Å². The summed E-state index contributed by atoms with van der Waals surface area (Å²) in [5.41, 5.74) is 2.43. The van der Waals surface area contributed by atoms with Crippen LogP contribution in [-0.4, -0.2) is 27.1 Å². The van der Waals surface area contributed by atoms with Crippen LogP contribution in [0.4, 0.5) is 0 Å². The Morgan fingerprint density at radius 2 is 1.29 bits per heavy atom. The summed E-state index contributed by atoms with van der Waals surface area (Å²) in [6.45, 7) is 2.55. The van der Waals surface area contributed by atoms with E-state index >= 15 is 0 Å². The van der Waals surface area contributed by atoms with Gasteiger partial charge in [0.15, 0.2) is 0 Å². The predicted molar refractivity (Wildman–Crippen MR) is 77.4 cm³/mol. The van der Waals surface area contributed by atoms with Crippen LogP contribution in [0, 0.1) is 0 Å². The molecule has 0 aromatic heterocycles. The molecule has 2 aromatic carbocycles. The molecule has 0 heterocycles. The van der Waals surface area contributed by atoms with Gasteiger partial charge in [-0.2, -0.15) is 35.4 Å². The van der Waals surface area contributed by atoms with Crippen LogP contribution in [0.3, 0.4) is 0 Å². The Balaban J connectivity index is -0.000000242. The topological polar surface area (TPSA) is 40.5 Å². The molecule has 2 rings (SSSR count). The third-order valence-corrected chi connectivity index (χ3v) is 2.26. The molecule has 2 nitrogen and oxygen atoms in total. The molecule has 0 radical (unpaired) electrons. The molecule has 2 aromatic rings. The third-order valence-electron chi connectivity index (χ3n) is 2.26. The van der Waals surface area contributed by atoms with Gasteiger partial charge in [-0.25, -0.2) is 24.3 Å². The first kappa shape index (κ1) is 25.9. The van der Waals surface area contributed by atoms with Crippen LogP contribution < -0.4 is 24.8 Å². The number of hydrogen-bond donors (Lipinski definition) is 2. The second-order valence-electron chi connectivity index (χ2n) is 3.82. The Morgan fingerprint density at radius 1 is 0.952 bits per heavy atom. The molecular formula is C16H22Cl2O2Zr-2. The molecule has 0 aliphatic carbocycles. The van der Waals surface area contributed by atoms with Crippen LogP contribution in [0.25, 0.3) is 0 Å². The Morgan fingerprint density at radius 3 is 1.48 bits per heavy atom. The van der Waals surface area contributed by atoms with Gasteiger partial charge in [-0.15, -0.1) is 0 Å². The minimum Gasteiger partial charge on any atom is -1.00 e. The van der Waals surface area contributed by atoms with Gasteiger partial charge in [0.2, 0.25) is 0 Å². The Kier molecular flexibility index (Phi) is 24.6. The maximum Gasteiger partial charge on any atom is 0.0451 e. The van der Waals surface area contributed by atoms with Gasteiger partial charge in [-0.3, -0.25) is 0 Å². The standard InChI is InChI=1S/2C7H9O.C2H4.2ClH.Zr/c2*8-6-5-7-3-1-2-4-7;1-2;;;/h2*1-4,8H,5-6H2;1H,2H3;2*1H;/q2*-1;;;;+2/p-2. The molecule has 2 N–H and O–H groups in total. The Hall–Kier alpha value is -0.0469. The average Bonchev–Trinajstić information content (AvgIpc) is 3.05. The van der Waals surface area contributed by atoms with E-state index in [9.17, 15) is 0 Å². The summed E-state index contributed by atoms with van der Waals surface area (Å²) in [5, 5.41) is 16.9. The monoisotopic (exact) mass is 406 g/mol. The number of aliphatic hydroxyl groups is 2. The van der Waals surface area contributed by atoms with Gasteiger partial charge in [0.25, 0.3) is 0 Å². The molecule has 0 fully saturated rings. The normalized spacial score (nSPS) is 8.05. The summed E-state index contributed by atoms with van der Waals surface area (Å²) >= 11 is 1.51. The average molecular weight is 408 g/mol. The van der Waals surface area contributed by atoms with Gasteiger partial charge in [0.1, 0.15) is 0 Å². The fourth-order valence-corrected chi connectivity index (χ4v) is 1.42. The zero-order valence-electron chi connectivity index (χ0n) is 12.2. The van der Waals surface area contributed by atoms with E-state index in [-0.39, 0.29) is 38.0 Å². The summed E-state index contributed by atoms with van der Waals surface area (Å²) in [4.78, 5) is 0. The van der Waals surface area contributed by atoms with Crippen molar-refractivity contribution in [2.75, 3.05) is 13.2 Å². The summed E-state index contributed by atoms with van der Waals surface area (Å²) in [6.07, 6.45) is 1.57. The molecule has 0 spiro atoms. The minimum absolute atomic E-state index is 0. The SMILES string of the molecule is C[CH]=[Zr+2].OCCc1ccc[cH-]1.OCCc1ccc[cH-]1.[Cl-].[Cl-]. The number of halogens is 2. The molecule has 0 saturated heterocycles. The minimum atomic E-state index is 0. The molecule has 0 aliphatic heterocycles. The first-order valence-corrected chi connectivity index (χ1v) is 7.78. The van der Waals surface area contributed by atoms with Crippen molar-refractivity contribution in [3.63, 3.8) is 0 Å². The molecule has 118 valence electrons. The molecule has 0 aliphatic rings. The van der Waals surface area contributed by atoms with Crippen LogP contribution in [0.2, 0.25) is 0 Å². The zero-order chi connectivity index (χ0) is 14.3. The van der Waals surface area contributed by atoms with E-state index in [1.807, 2.05) is 55.5 Å².